The standard InChI is InChI=1S/C20H16Cl2N4O3S/c1-26-8-7-23-17(26)11-24-20(27)18-19(15-10-13(22)5-6-16(15)25-18)30(28,29)14-4-2-3-12(21)9-14/h2-10,25H,11H2,1H3,(H,24,27). The molecule has 0 radical (unpaired) electrons. The minimum absolute atomic E-state index is 0.0194. The molecule has 0 saturated carbocycles. The van der Waals surface area contributed by atoms with Gasteiger partial charge in [-0.1, -0.05) is 29.3 Å². The molecule has 2 aromatic carbocycles. The van der Waals surface area contributed by atoms with E-state index in [-0.39, 0.29) is 27.1 Å². The van der Waals surface area contributed by atoms with Crippen LogP contribution in [0.4, 0.5) is 0 Å². The Morgan fingerprint density at radius 2 is 1.93 bits per heavy atom. The number of hydrogen-bond donors (Lipinski definition) is 2. The van der Waals surface area contributed by atoms with E-state index in [1.807, 2.05) is 0 Å². The minimum atomic E-state index is -4.07. The Kier molecular flexibility index (Phi) is 5.31. The first-order valence-corrected chi connectivity index (χ1v) is 11.1. The summed E-state index contributed by atoms with van der Waals surface area (Å²) >= 11 is 12.1. The van der Waals surface area contributed by atoms with Crippen molar-refractivity contribution in [2.45, 2.75) is 16.3 Å². The van der Waals surface area contributed by atoms with E-state index in [4.69, 9.17) is 23.2 Å². The molecule has 0 spiro atoms. The fourth-order valence-corrected chi connectivity index (χ4v) is 5.22. The fraction of sp³-hybridized carbons (Fsp3) is 0.100. The Hall–Kier alpha value is -2.81. The van der Waals surface area contributed by atoms with Gasteiger partial charge in [0.05, 0.1) is 11.4 Å². The Morgan fingerprint density at radius 3 is 2.63 bits per heavy atom. The number of benzene rings is 2. The van der Waals surface area contributed by atoms with Crippen molar-refractivity contribution >= 4 is 49.8 Å². The highest BCUT2D eigenvalue weighted by atomic mass is 35.5. The third kappa shape index (κ3) is 3.69. The predicted octanol–water partition coefficient (Wildman–Crippen LogP) is 3.97. The molecule has 0 aliphatic rings. The number of H-pyrrole nitrogens is 1. The first-order chi connectivity index (χ1) is 14.3. The zero-order chi connectivity index (χ0) is 21.5. The zero-order valence-corrected chi connectivity index (χ0v) is 18.0. The van der Waals surface area contributed by atoms with Crippen LogP contribution in [0.25, 0.3) is 10.9 Å². The highest BCUT2D eigenvalue weighted by molar-refractivity contribution is 7.91. The van der Waals surface area contributed by atoms with Gasteiger partial charge in [0.2, 0.25) is 9.84 Å². The molecule has 0 atom stereocenters. The Labute approximate surface area is 182 Å². The van der Waals surface area contributed by atoms with Gasteiger partial charge in [-0.05, 0) is 36.4 Å². The molecule has 2 N–H and O–H groups in total. The van der Waals surface area contributed by atoms with Gasteiger partial charge in [-0.3, -0.25) is 4.79 Å². The van der Waals surface area contributed by atoms with Crippen LogP contribution in [0.15, 0.2) is 64.6 Å². The lowest BCUT2D eigenvalue weighted by Gasteiger charge is -2.09. The lowest BCUT2D eigenvalue weighted by atomic mass is 10.2. The van der Waals surface area contributed by atoms with E-state index in [1.165, 1.54) is 24.3 Å². The van der Waals surface area contributed by atoms with Gasteiger partial charge in [-0.25, -0.2) is 13.4 Å². The van der Waals surface area contributed by atoms with Crippen LogP contribution >= 0.6 is 23.2 Å². The molecule has 0 fully saturated rings. The summed E-state index contributed by atoms with van der Waals surface area (Å²) in [6.45, 7) is 0.134. The maximum atomic E-state index is 13.5. The van der Waals surface area contributed by atoms with Crippen molar-refractivity contribution in [1.29, 1.82) is 0 Å². The van der Waals surface area contributed by atoms with Crippen molar-refractivity contribution in [3.8, 4) is 0 Å². The molecule has 2 aromatic heterocycles. The summed E-state index contributed by atoms with van der Waals surface area (Å²) in [6, 6.07) is 10.7. The highest BCUT2D eigenvalue weighted by Crippen LogP contribution is 2.34. The predicted molar refractivity (Wildman–Crippen MR) is 115 cm³/mol. The number of fused-ring (bicyclic) bond motifs is 1. The second-order valence-corrected chi connectivity index (χ2v) is 9.38. The maximum absolute atomic E-state index is 13.5. The normalized spacial score (nSPS) is 11.7. The molecule has 0 unspecified atom stereocenters. The number of aryl methyl sites for hydroxylation is 1. The summed E-state index contributed by atoms with van der Waals surface area (Å²) < 4.78 is 28.7. The summed E-state index contributed by atoms with van der Waals surface area (Å²) in [4.78, 5) is 19.9. The molecule has 7 nitrogen and oxygen atoms in total. The average Bonchev–Trinajstić information content (AvgIpc) is 3.29. The smallest absolute Gasteiger partial charge is 0.269 e. The number of amides is 1. The molecule has 4 rings (SSSR count). The lowest BCUT2D eigenvalue weighted by molar-refractivity contribution is 0.0942. The Bertz CT molecular complexity index is 1380. The second kappa shape index (κ2) is 7.79. The van der Waals surface area contributed by atoms with Crippen molar-refractivity contribution < 1.29 is 13.2 Å². The quantitative estimate of drug-likeness (QED) is 0.468. The first kappa shape index (κ1) is 20.5. The van der Waals surface area contributed by atoms with Crippen molar-refractivity contribution in [2.75, 3.05) is 0 Å². The highest BCUT2D eigenvalue weighted by Gasteiger charge is 2.30. The van der Waals surface area contributed by atoms with Crippen LogP contribution in [0, 0.1) is 0 Å². The fourth-order valence-electron chi connectivity index (χ4n) is 3.14. The van der Waals surface area contributed by atoms with Crippen LogP contribution in [-0.2, 0) is 23.4 Å². The summed E-state index contributed by atoms with van der Waals surface area (Å²) in [5.41, 5.74) is 0.392. The molecule has 4 aromatic rings. The topological polar surface area (TPSA) is 96.8 Å². The largest absolute Gasteiger partial charge is 0.349 e. The van der Waals surface area contributed by atoms with Gasteiger partial charge < -0.3 is 14.9 Å². The van der Waals surface area contributed by atoms with E-state index in [1.54, 1.807) is 42.2 Å². The summed E-state index contributed by atoms with van der Waals surface area (Å²) in [5, 5.41) is 3.66. The number of imidazole rings is 1. The summed E-state index contributed by atoms with van der Waals surface area (Å²) in [7, 11) is -2.27. The van der Waals surface area contributed by atoms with Crippen LogP contribution < -0.4 is 5.32 Å². The van der Waals surface area contributed by atoms with Crippen molar-refractivity contribution in [3.05, 3.63) is 76.4 Å². The number of aromatic amines is 1. The molecule has 0 aliphatic carbocycles. The molecule has 10 heteroatoms. The molecular formula is C20H16Cl2N4O3S. The van der Waals surface area contributed by atoms with Gasteiger partial charge in [0.15, 0.2) is 0 Å². The number of aromatic nitrogens is 3. The van der Waals surface area contributed by atoms with Crippen LogP contribution in [0.3, 0.4) is 0 Å². The van der Waals surface area contributed by atoms with E-state index in [0.717, 1.165) is 0 Å². The van der Waals surface area contributed by atoms with Crippen molar-refractivity contribution in [3.63, 3.8) is 0 Å². The number of carbonyl (C=O) groups excluding carboxylic acids is 1. The minimum Gasteiger partial charge on any atom is -0.349 e. The molecule has 0 bridgehead atoms. The van der Waals surface area contributed by atoms with E-state index in [2.05, 4.69) is 15.3 Å². The first-order valence-electron chi connectivity index (χ1n) is 8.83. The summed E-state index contributed by atoms with van der Waals surface area (Å²) in [6.07, 6.45) is 3.36. The second-order valence-electron chi connectivity index (χ2n) is 6.62. The lowest BCUT2D eigenvalue weighted by Crippen LogP contribution is -2.26. The van der Waals surface area contributed by atoms with Gasteiger partial charge in [0.25, 0.3) is 5.91 Å². The van der Waals surface area contributed by atoms with Gasteiger partial charge in [-0.2, -0.15) is 0 Å². The van der Waals surface area contributed by atoms with E-state index < -0.39 is 15.7 Å². The molecule has 154 valence electrons. The number of sulfone groups is 1. The van der Waals surface area contributed by atoms with Crippen molar-refractivity contribution in [1.82, 2.24) is 19.9 Å². The van der Waals surface area contributed by atoms with E-state index >= 15 is 0 Å². The number of carbonyl (C=O) groups is 1. The third-order valence-electron chi connectivity index (χ3n) is 4.64. The number of nitrogens with zero attached hydrogens (tertiary/aromatic N) is 2. The molecule has 30 heavy (non-hydrogen) atoms. The Morgan fingerprint density at radius 1 is 1.17 bits per heavy atom. The van der Waals surface area contributed by atoms with Gasteiger partial charge in [-0.15, -0.1) is 0 Å². The number of hydrogen-bond acceptors (Lipinski definition) is 4. The van der Waals surface area contributed by atoms with Gasteiger partial charge >= 0.3 is 0 Å². The Balaban J connectivity index is 1.84. The van der Waals surface area contributed by atoms with Crippen LogP contribution in [0.5, 0.6) is 0 Å². The SMILES string of the molecule is Cn1ccnc1CNC(=O)c1[nH]c2ccc(Cl)cc2c1S(=O)(=O)c1cccc(Cl)c1. The molecule has 1 amide bonds. The summed E-state index contributed by atoms with van der Waals surface area (Å²) in [5.74, 6) is 0.0488. The van der Waals surface area contributed by atoms with E-state index in [9.17, 15) is 13.2 Å². The molecule has 0 saturated heterocycles. The number of rotatable bonds is 5. The van der Waals surface area contributed by atoms with Crippen molar-refractivity contribution in [2.24, 2.45) is 7.05 Å². The third-order valence-corrected chi connectivity index (χ3v) is 6.95. The molecule has 2 heterocycles. The van der Waals surface area contributed by atoms with Crippen LogP contribution in [0.2, 0.25) is 10.0 Å². The zero-order valence-electron chi connectivity index (χ0n) is 15.7. The van der Waals surface area contributed by atoms with Gasteiger partial charge in [0.1, 0.15) is 16.4 Å². The molecular weight excluding hydrogens is 447 g/mol. The number of nitrogens with one attached hydrogen (secondary N) is 2. The van der Waals surface area contributed by atoms with E-state index in [0.29, 0.717) is 21.7 Å². The average molecular weight is 463 g/mol. The van der Waals surface area contributed by atoms with Crippen LogP contribution in [0.1, 0.15) is 16.3 Å². The molecule has 0 aliphatic heterocycles. The monoisotopic (exact) mass is 462 g/mol. The number of halogens is 2. The van der Waals surface area contributed by atoms with Gasteiger partial charge in [0, 0.05) is 40.4 Å². The maximum Gasteiger partial charge on any atom is 0.269 e. The van der Waals surface area contributed by atoms with Crippen LogP contribution in [-0.4, -0.2) is 28.9 Å².